The zero-order chi connectivity index (χ0) is 24.0. The molecule has 0 spiro atoms. The number of amides is 1. The number of ether oxygens (including phenoxy) is 1. The maximum atomic E-state index is 13.7. The zero-order valence-corrected chi connectivity index (χ0v) is 19.4. The molecule has 34 heavy (non-hydrogen) atoms. The molecule has 0 saturated heterocycles. The lowest BCUT2D eigenvalue weighted by molar-refractivity contribution is -0.114. The van der Waals surface area contributed by atoms with Crippen molar-refractivity contribution < 1.29 is 17.9 Å². The molecule has 0 aliphatic heterocycles. The van der Waals surface area contributed by atoms with E-state index in [1.165, 1.54) is 23.4 Å². The van der Waals surface area contributed by atoms with E-state index in [1.807, 2.05) is 60.7 Å². The molecule has 0 heterocycles. The van der Waals surface area contributed by atoms with Gasteiger partial charge < -0.3 is 10.1 Å². The summed E-state index contributed by atoms with van der Waals surface area (Å²) in [6, 6.07) is 31.9. The highest BCUT2D eigenvalue weighted by molar-refractivity contribution is 7.92. The highest BCUT2D eigenvalue weighted by atomic mass is 32.2. The first kappa shape index (κ1) is 23.1. The Morgan fingerprint density at radius 2 is 1.32 bits per heavy atom. The first-order valence-corrected chi connectivity index (χ1v) is 12.1. The van der Waals surface area contributed by atoms with Gasteiger partial charge in [-0.2, -0.15) is 0 Å². The van der Waals surface area contributed by atoms with Crippen LogP contribution in [0.15, 0.2) is 114 Å². The van der Waals surface area contributed by atoms with Crippen molar-refractivity contribution in [1.82, 2.24) is 0 Å². The molecule has 0 radical (unpaired) electrons. The fraction of sp³-hybridized carbons (Fsp3) is 0.0741. The number of nitrogens with zero attached hydrogens (tertiary/aromatic N) is 1. The molecule has 0 unspecified atom stereocenters. The summed E-state index contributed by atoms with van der Waals surface area (Å²) in [5, 5.41) is 2.65. The van der Waals surface area contributed by atoms with E-state index in [9.17, 15) is 13.2 Å². The van der Waals surface area contributed by atoms with Crippen LogP contribution in [0.4, 0.5) is 11.4 Å². The van der Waals surface area contributed by atoms with Crippen molar-refractivity contribution in [1.29, 1.82) is 0 Å². The van der Waals surface area contributed by atoms with E-state index < -0.39 is 10.0 Å². The molecule has 0 bridgehead atoms. The molecule has 0 aliphatic rings. The van der Waals surface area contributed by atoms with Crippen molar-refractivity contribution in [3.05, 3.63) is 115 Å². The van der Waals surface area contributed by atoms with Crippen LogP contribution in [0, 0.1) is 0 Å². The average molecular weight is 473 g/mol. The summed E-state index contributed by atoms with van der Waals surface area (Å²) in [5.74, 6) is 1.08. The van der Waals surface area contributed by atoms with Gasteiger partial charge in [0.1, 0.15) is 11.5 Å². The molecule has 0 fully saturated rings. The van der Waals surface area contributed by atoms with Crippen molar-refractivity contribution in [3.8, 4) is 11.5 Å². The first-order chi connectivity index (χ1) is 16.4. The van der Waals surface area contributed by atoms with Crippen molar-refractivity contribution in [3.63, 3.8) is 0 Å². The van der Waals surface area contributed by atoms with Crippen molar-refractivity contribution in [2.24, 2.45) is 0 Å². The van der Waals surface area contributed by atoms with E-state index in [0.717, 1.165) is 5.56 Å². The van der Waals surface area contributed by atoms with Crippen molar-refractivity contribution >= 4 is 27.3 Å². The number of nitrogens with one attached hydrogen (secondary N) is 1. The van der Waals surface area contributed by atoms with Gasteiger partial charge in [-0.25, -0.2) is 8.42 Å². The third kappa shape index (κ3) is 5.63. The number of carbonyl (C=O) groups excluding carboxylic acids is 1. The lowest BCUT2D eigenvalue weighted by atomic mass is 10.2. The Bertz CT molecular complexity index is 1340. The van der Waals surface area contributed by atoms with E-state index in [4.69, 9.17) is 4.74 Å². The number of carbonyl (C=O) groups is 1. The van der Waals surface area contributed by atoms with Gasteiger partial charge >= 0.3 is 0 Å². The van der Waals surface area contributed by atoms with Crippen molar-refractivity contribution in [2.75, 3.05) is 9.62 Å². The predicted molar refractivity (Wildman–Crippen MR) is 134 cm³/mol. The summed E-state index contributed by atoms with van der Waals surface area (Å²) in [6.07, 6.45) is 0. The molecule has 4 aromatic rings. The Morgan fingerprint density at radius 3 is 1.91 bits per heavy atom. The van der Waals surface area contributed by atoms with Crippen molar-refractivity contribution in [2.45, 2.75) is 18.4 Å². The second-order valence-electron chi connectivity index (χ2n) is 7.61. The van der Waals surface area contributed by atoms with Gasteiger partial charge in [0, 0.05) is 12.6 Å². The molecule has 6 nitrogen and oxygen atoms in total. The van der Waals surface area contributed by atoms with Gasteiger partial charge in [-0.1, -0.05) is 48.5 Å². The standard InChI is InChI=1S/C27H24N2O4S/c1-21(30)28-23-12-18-27(19-13-23)34(31,32)29(20-22-8-4-2-5-9-22)24-14-16-26(17-15-24)33-25-10-6-3-7-11-25/h2-19H,20H2,1H3,(H,28,30). The van der Waals surface area contributed by atoms with Crippen LogP contribution in [0.25, 0.3) is 0 Å². The SMILES string of the molecule is CC(=O)Nc1ccc(S(=O)(=O)N(Cc2ccccc2)c2ccc(Oc3ccccc3)cc2)cc1. The van der Waals surface area contributed by atoms with Gasteiger partial charge in [0.05, 0.1) is 17.1 Å². The van der Waals surface area contributed by atoms with E-state index in [1.54, 1.807) is 36.4 Å². The van der Waals surface area contributed by atoms with E-state index in [2.05, 4.69) is 5.32 Å². The van der Waals surface area contributed by atoms with Crippen LogP contribution in [0.3, 0.4) is 0 Å². The van der Waals surface area contributed by atoms with Crippen LogP contribution in [0.2, 0.25) is 0 Å². The summed E-state index contributed by atoms with van der Waals surface area (Å²) >= 11 is 0. The number of benzene rings is 4. The number of para-hydroxylation sites is 1. The lowest BCUT2D eigenvalue weighted by Gasteiger charge is -2.25. The van der Waals surface area contributed by atoms with Crippen LogP contribution in [0.5, 0.6) is 11.5 Å². The van der Waals surface area contributed by atoms with Gasteiger partial charge in [-0.3, -0.25) is 9.10 Å². The second kappa shape index (κ2) is 10.2. The average Bonchev–Trinajstić information content (AvgIpc) is 2.84. The Kier molecular flexibility index (Phi) is 6.94. The van der Waals surface area contributed by atoms with Crippen LogP contribution >= 0.6 is 0 Å². The van der Waals surface area contributed by atoms with E-state index in [0.29, 0.717) is 22.9 Å². The molecule has 172 valence electrons. The maximum Gasteiger partial charge on any atom is 0.264 e. The Labute approximate surface area is 199 Å². The first-order valence-electron chi connectivity index (χ1n) is 10.7. The molecule has 0 atom stereocenters. The van der Waals surface area contributed by atoms with Gasteiger partial charge in [0.2, 0.25) is 5.91 Å². The smallest absolute Gasteiger partial charge is 0.264 e. The third-order valence-electron chi connectivity index (χ3n) is 5.04. The highest BCUT2D eigenvalue weighted by Crippen LogP contribution is 2.30. The highest BCUT2D eigenvalue weighted by Gasteiger charge is 2.25. The van der Waals surface area contributed by atoms with Crippen LogP contribution in [-0.2, 0) is 21.4 Å². The Morgan fingerprint density at radius 1 is 0.765 bits per heavy atom. The number of anilines is 2. The number of rotatable bonds is 8. The minimum Gasteiger partial charge on any atom is -0.457 e. The summed E-state index contributed by atoms with van der Waals surface area (Å²) in [4.78, 5) is 11.4. The molecule has 0 aromatic heterocycles. The maximum absolute atomic E-state index is 13.7. The fourth-order valence-corrected chi connectivity index (χ4v) is 4.86. The lowest BCUT2D eigenvalue weighted by Crippen LogP contribution is -2.30. The molecular weight excluding hydrogens is 448 g/mol. The largest absolute Gasteiger partial charge is 0.457 e. The Hall–Kier alpha value is -4.10. The van der Waals surface area contributed by atoms with Gasteiger partial charge in [-0.15, -0.1) is 0 Å². The topological polar surface area (TPSA) is 75.7 Å². The third-order valence-corrected chi connectivity index (χ3v) is 6.82. The summed E-state index contributed by atoms with van der Waals surface area (Å²) < 4.78 is 34.5. The van der Waals surface area contributed by atoms with Gasteiger partial charge in [0.25, 0.3) is 10.0 Å². The van der Waals surface area contributed by atoms with Crippen LogP contribution in [-0.4, -0.2) is 14.3 Å². The van der Waals surface area contributed by atoms with Gasteiger partial charge in [0.15, 0.2) is 0 Å². The predicted octanol–water partition coefficient (Wildman–Crippen LogP) is 5.83. The summed E-state index contributed by atoms with van der Waals surface area (Å²) in [6.45, 7) is 1.56. The number of hydrogen-bond acceptors (Lipinski definition) is 4. The molecular formula is C27H24N2O4S. The monoisotopic (exact) mass is 472 g/mol. The zero-order valence-electron chi connectivity index (χ0n) is 18.6. The molecule has 0 saturated carbocycles. The van der Waals surface area contributed by atoms with E-state index >= 15 is 0 Å². The Balaban J connectivity index is 1.65. The van der Waals surface area contributed by atoms with Crippen LogP contribution in [0.1, 0.15) is 12.5 Å². The minimum absolute atomic E-state index is 0.127. The quantitative estimate of drug-likeness (QED) is 0.350. The molecule has 0 aliphatic carbocycles. The summed E-state index contributed by atoms with van der Waals surface area (Å²) in [5.41, 5.74) is 1.89. The second-order valence-corrected chi connectivity index (χ2v) is 9.47. The van der Waals surface area contributed by atoms with Crippen LogP contribution < -0.4 is 14.4 Å². The van der Waals surface area contributed by atoms with E-state index in [-0.39, 0.29) is 17.3 Å². The van der Waals surface area contributed by atoms with Gasteiger partial charge in [-0.05, 0) is 66.2 Å². The molecule has 1 N–H and O–H groups in total. The minimum atomic E-state index is -3.89. The summed E-state index contributed by atoms with van der Waals surface area (Å²) in [7, 11) is -3.89. The number of hydrogen-bond donors (Lipinski definition) is 1. The normalized spacial score (nSPS) is 11.0. The molecule has 1 amide bonds. The molecule has 4 aromatic carbocycles. The molecule has 4 rings (SSSR count). The fourth-order valence-electron chi connectivity index (χ4n) is 3.41. The number of sulfonamides is 1. The molecule has 7 heteroatoms.